The molecule has 0 bridgehead atoms. The number of aryl methyl sites for hydroxylation is 1. The maximum Gasteiger partial charge on any atom is 0.293 e. The molecule has 0 atom stereocenters. The van der Waals surface area contributed by atoms with Crippen LogP contribution in [0.4, 0.5) is 0 Å². The van der Waals surface area contributed by atoms with Gasteiger partial charge in [0.1, 0.15) is 5.82 Å². The standard InChI is InChI=1S/C12H21N5O/c1-3-5-10-13-11(15-14-10)12(18)17-7-4-6-16(2)8-9-17/h3-9H2,1-2H3,(H,13,14,15). The molecule has 0 radical (unpaired) electrons. The first kappa shape index (κ1) is 13.0. The fourth-order valence-corrected chi connectivity index (χ4v) is 2.13. The summed E-state index contributed by atoms with van der Waals surface area (Å²) in [5.41, 5.74) is 0. The SMILES string of the molecule is CCCc1nc(C(=O)N2CCCN(C)CC2)n[nH]1. The van der Waals surface area contributed by atoms with Crippen molar-refractivity contribution >= 4 is 5.91 Å². The molecular weight excluding hydrogens is 230 g/mol. The number of carbonyl (C=O) groups excluding carboxylic acids is 1. The van der Waals surface area contributed by atoms with Gasteiger partial charge in [-0.3, -0.25) is 9.89 Å². The van der Waals surface area contributed by atoms with Crippen molar-refractivity contribution in [3.63, 3.8) is 0 Å². The molecule has 100 valence electrons. The normalized spacial score (nSPS) is 17.8. The minimum atomic E-state index is -0.0519. The molecule has 0 saturated carbocycles. The number of nitrogens with one attached hydrogen (secondary N) is 1. The molecular formula is C12H21N5O. The van der Waals surface area contributed by atoms with Crippen LogP contribution in [0.2, 0.25) is 0 Å². The van der Waals surface area contributed by atoms with Crippen molar-refractivity contribution < 1.29 is 4.79 Å². The average Bonchev–Trinajstić information content (AvgIpc) is 2.71. The number of H-pyrrole nitrogens is 1. The quantitative estimate of drug-likeness (QED) is 0.851. The highest BCUT2D eigenvalue weighted by molar-refractivity contribution is 5.90. The Morgan fingerprint density at radius 3 is 2.94 bits per heavy atom. The van der Waals surface area contributed by atoms with Gasteiger partial charge in [0.25, 0.3) is 5.91 Å². The van der Waals surface area contributed by atoms with Crippen LogP contribution in [0.3, 0.4) is 0 Å². The van der Waals surface area contributed by atoms with Crippen molar-refractivity contribution in [3.8, 4) is 0 Å². The molecule has 2 heterocycles. The van der Waals surface area contributed by atoms with E-state index in [1.807, 2.05) is 4.90 Å². The van der Waals surface area contributed by atoms with Crippen LogP contribution in [-0.4, -0.2) is 64.1 Å². The van der Waals surface area contributed by atoms with Gasteiger partial charge in [-0.15, -0.1) is 5.10 Å². The fraction of sp³-hybridized carbons (Fsp3) is 0.750. The number of hydrogen-bond acceptors (Lipinski definition) is 4. The Bertz CT molecular complexity index is 403. The predicted molar refractivity (Wildman–Crippen MR) is 68.4 cm³/mol. The Labute approximate surface area is 107 Å². The molecule has 6 nitrogen and oxygen atoms in total. The minimum Gasteiger partial charge on any atom is -0.335 e. The summed E-state index contributed by atoms with van der Waals surface area (Å²) in [4.78, 5) is 20.6. The molecule has 0 unspecified atom stereocenters. The molecule has 0 spiro atoms. The second-order valence-electron chi connectivity index (χ2n) is 4.80. The Morgan fingerprint density at radius 2 is 2.17 bits per heavy atom. The topological polar surface area (TPSA) is 65.1 Å². The summed E-state index contributed by atoms with van der Waals surface area (Å²) in [5, 5.41) is 6.85. The first-order valence-corrected chi connectivity index (χ1v) is 6.59. The second kappa shape index (κ2) is 5.95. The van der Waals surface area contributed by atoms with Crippen molar-refractivity contribution in [2.24, 2.45) is 0 Å². The summed E-state index contributed by atoms with van der Waals surface area (Å²) in [6, 6.07) is 0. The lowest BCUT2D eigenvalue weighted by Crippen LogP contribution is -2.35. The summed E-state index contributed by atoms with van der Waals surface area (Å²) in [7, 11) is 2.08. The third-order valence-corrected chi connectivity index (χ3v) is 3.22. The fourth-order valence-electron chi connectivity index (χ4n) is 2.13. The van der Waals surface area contributed by atoms with Gasteiger partial charge in [0.15, 0.2) is 0 Å². The van der Waals surface area contributed by atoms with Gasteiger partial charge in [-0.2, -0.15) is 0 Å². The van der Waals surface area contributed by atoms with Gasteiger partial charge in [-0.25, -0.2) is 4.98 Å². The largest absolute Gasteiger partial charge is 0.335 e. The Kier molecular flexibility index (Phi) is 4.30. The lowest BCUT2D eigenvalue weighted by atomic mass is 10.3. The monoisotopic (exact) mass is 251 g/mol. The van der Waals surface area contributed by atoms with Crippen LogP contribution in [0, 0.1) is 0 Å². The van der Waals surface area contributed by atoms with Gasteiger partial charge in [-0.05, 0) is 26.4 Å². The number of amides is 1. The molecule has 1 aromatic heterocycles. The molecule has 0 aromatic carbocycles. The maximum atomic E-state index is 12.2. The maximum absolute atomic E-state index is 12.2. The zero-order valence-corrected chi connectivity index (χ0v) is 11.1. The first-order valence-electron chi connectivity index (χ1n) is 6.59. The van der Waals surface area contributed by atoms with E-state index < -0.39 is 0 Å². The van der Waals surface area contributed by atoms with Crippen LogP contribution >= 0.6 is 0 Å². The van der Waals surface area contributed by atoms with E-state index in [1.54, 1.807) is 0 Å². The number of hydrogen-bond donors (Lipinski definition) is 1. The highest BCUT2D eigenvalue weighted by Crippen LogP contribution is 2.06. The van der Waals surface area contributed by atoms with Crippen molar-refractivity contribution in [2.45, 2.75) is 26.2 Å². The highest BCUT2D eigenvalue weighted by atomic mass is 16.2. The van der Waals surface area contributed by atoms with Crippen molar-refractivity contribution in [1.82, 2.24) is 25.0 Å². The number of nitrogens with zero attached hydrogens (tertiary/aromatic N) is 4. The van der Waals surface area contributed by atoms with E-state index in [-0.39, 0.29) is 5.91 Å². The summed E-state index contributed by atoms with van der Waals surface area (Å²) in [6.07, 6.45) is 2.84. The molecule has 0 aliphatic carbocycles. The van der Waals surface area contributed by atoms with Crippen molar-refractivity contribution in [2.75, 3.05) is 33.2 Å². The van der Waals surface area contributed by atoms with Gasteiger partial charge in [0.05, 0.1) is 0 Å². The third-order valence-electron chi connectivity index (χ3n) is 3.22. The highest BCUT2D eigenvalue weighted by Gasteiger charge is 2.22. The zero-order valence-electron chi connectivity index (χ0n) is 11.1. The van der Waals surface area contributed by atoms with Crippen LogP contribution in [0.5, 0.6) is 0 Å². The van der Waals surface area contributed by atoms with Crippen molar-refractivity contribution in [3.05, 3.63) is 11.6 Å². The predicted octanol–water partition coefficient (Wildman–Crippen LogP) is 0.535. The van der Waals surface area contributed by atoms with E-state index in [2.05, 4.69) is 34.1 Å². The molecule has 6 heteroatoms. The molecule has 1 amide bonds. The summed E-state index contributed by atoms with van der Waals surface area (Å²) in [5.74, 6) is 1.06. The number of aromatic amines is 1. The average molecular weight is 251 g/mol. The van der Waals surface area contributed by atoms with Crippen molar-refractivity contribution in [1.29, 1.82) is 0 Å². The van der Waals surface area contributed by atoms with Gasteiger partial charge in [0, 0.05) is 26.1 Å². The van der Waals surface area contributed by atoms with E-state index in [0.29, 0.717) is 5.82 Å². The van der Waals surface area contributed by atoms with Gasteiger partial charge >= 0.3 is 0 Å². The smallest absolute Gasteiger partial charge is 0.293 e. The van der Waals surface area contributed by atoms with E-state index in [1.165, 1.54) is 0 Å². The van der Waals surface area contributed by atoms with E-state index in [4.69, 9.17) is 0 Å². The second-order valence-corrected chi connectivity index (χ2v) is 4.80. The van der Waals surface area contributed by atoms with Crippen LogP contribution < -0.4 is 0 Å². The Morgan fingerprint density at radius 1 is 1.33 bits per heavy atom. The molecule has 1 N–H and O–H groups in total. The van der Waals surface area contributed by atoms with E-state index in [9.17, 15) is 4.79 Å². The molecule has 1 fully saturated rings. The van der Waals surface area contributed by atoms with Crippen LogP contribution in [0.25, 0.3) is 0 Å². The third kappa shape index (κ3) is 3.07. The Hall–Kier alpha value is -1.43. The number of aromatic nitrogens is 3. The van der Waals surface area contributed by atoms with Gasteiger partial charge < -0.3 is 9.80 Å². The number of carbonyl (C=O) groups is 1. The summed E-state index contributed by atoms with van der Waals surface area (Å²) < 4.78 is 0. The van der Waals surface area contributed by atoms with E-state index >= 15 is 0 Å². The molecule has 1 aromatic rings. The van der Waals surface area contributed by atoms with Crippen LogP contribution in [0.1, 0.15) is 36.2 Å². The summed E-state index contributed by atoms with van der Waals surface area (Å²) >= 11 is 0. The lowest BCUT2D eigenvalue weighted by Gasteiger charge is -2.18. The zero-order chi connectivity index (χ0) is 13.0. The minimum absolute atomic E-state index is 0.0519. The van der Waals surface area contributed by atoms with Gasteiger partial charge in [0.2, 0.25) is 5.82 Å². The van der Waals surface area contributed by atoms with E-state index in [0.717, 1.165) is 51.3 Å². The molecule has 2 rings (SSSR count). The first-order chi connectivity index (χ1) is 8.70. The molecule has 1 saturated heterocycles. The summed E-state index contributed by atoms with van der Waals surface area (Å²) in [6.45, 7) is 5.58. The number of likely N-dealkylation sites (N-methyl/N-ethyl adjacent to an activating group) is 1. The van der Waals surface area contributed by atoms with Crippen LogP contribution in [0.15, 0.2) is 0 Å². The Balaban J connectivity index is 2.00. The van der Waals surface area contributed by atoms with Crippen LogP contribution in [-0.2, 0) is 6.42 Å². The van der Waals surface area contributed by atoms with Gasteiger partial charge in [-0.1, -0.05) is 6.92 Å². The number of rotatable bonds is 3. The molecule has 18 heavy (non-hydrogen) atoms. The molecule has 1 aliphatic heterocycles. The lowest BCUT2D eigenvalue weighted by molar-refractivity contribution is 0.0751. The molecule has 1 aliphatic rings.